The Kier molecular flexibility index (Phi) is 18.9. The predicted octanol–water partition coefficient (Wildman–Crippen LogP) is 6.76. The zero-order chi connectivity index (χ0) is 51.7. The van der Waals surface area contributed by atoms with Crippen LogP contribution in [0.3, 0.4) is 0 Å². The number of nitrogen functional groups attached to an aromatic ring is 2. The van der Waals surface area contributed by atoms with E-state index in [-0.39, 0.29) is 46.0 Å². The van der Waals surface area contributed by atoms with Crippen LogP contribution in [0.1, 0.15) is 58.4 Å². The number of carbonyl (C=O) groups excluding carboxylic acids is 2. The van der Waals surface area contributed by atoms with Gasteiger partial charge in [0, 0.05) is 40.5 Å². The third-order valence-corrected chi connectivity index (χ3v) is 11.5. The van der Waals surface area contributed by atoms with Crippen molar-refractivity contribution < 1.29 is 72.0 Å². The highest BCUT2D eigenvalue weighted by Crippen LogP contribution is 2.41. The van der Waals surface area contributed by atoms with E-state index < -0.39 is 17.7 Å². The van der Waals surface area contributed by atoms with Crippen LogP contribution in [0.15, 0.2) is 109 Å². The molecular formula is C54H58N4O15. The third-order valence-electron chi connectivity index (χ3n) is 11.5. The van der Waals surface area contributed by atoms with Gasteiger partial charge in [0.15, 0.2) is 5.75 Å². The minimum Gasteiger partial charge on any atom is -0.494 e. The predicted molar refractivity (Wildman–Crippen MR) is 270 cm³/mol. The van der Waals surface area contributed by atoms with Gasteiger partial charge in [-0.1, -0.05) is 24.3 Å². The summed E-state index contributed by atoms with van der Waals surface area (Å²) in [6, 6.07) is 26.6. The number of fused-ring (bicyclic) bond motifs is 2. The zero-order valence-corrected chi connectivity index (χ0v) is 40.5. The maximum atomic E-state index is 14.0. The molecule has 0 aliphatic rings. The molecule has 4 aromatic heterocycles. The number of hydrogen-bond acceptors (Lipinski definition) is 15. The lowest BCUT2D eigenvalue weighted by molar-refractivity contribution is -0.0187. The first-order chi connectivity index (χ1) is 35.5. The summed E-state index contributed by atoms with van der Waals surface area (Å²) in [7, 11) is 1.54. The number of aromatic carboxylic acids is 2. The number of carboxylic acid groups (broad SMARTS) is 2. The number of rotatable bonds is 31. The van der Waals surface area contributed by atoms with Gasteiger partial charge in [0.05, 0.1) is 114 Å². The molecule has 0 atom stereocenters. The normalized spacial score (nSPS) is 11.3. The lowest BCUT2D eigenvalue weighted by Crippen LogP contribution is -2.15. The molecule has 0 saturated heterocycles. The smallest absolute Gasteiger partial charge is 0.337 e. The molecule has 19 nitrogen and oxygen atoms in total. The van der Waals surface area contributed by atoms with Crippen LogP contribution in [0, 0.1) is 6.92 Å². The number of ketones is 2. The van der Waals surface area contributed by atoms with Gasteiger partial charge in [-0.2, -0.15) is 0 Å². The Balaban J connectivity index is 0.703. The van der Waals surface area contributed by atoms with E-state index in [4.69, 9.17) is 54.1 Å². The summed E-state index contributed by atoms with van der Waals surface area (Å²) in [5.74, 6) is -1.55. The number of carboxylic acids is 2. The van der Waals surface area contributed by atoms with Gasteiger partial charge in [0.25, 0.3) is 0 Å². The van der Waals surface area contributed by atoms with Crippen LogP contribution >= 0.6 is 0 Å². The summed E-state index contributed by atoms with van der Waals surface area (Å²) < 4.78 is 54.9. The van der Waals surface area contributed by atoms with E-state index in [9.17, 15) is 29.4 Å². The average Bonchev–Trinajstić information content (AvgIpc) is 3.88. The number of benzene rings is 3. The summed E-state index contributed by atoms with van der Waals surface area (Å²) in [5.41, 5.74) is 15.8. The Hall–Kier alpha value is -7.78. The Morgan fingerprint density at radius 3 is 1.36 bits per heavy atom. The van der Waals surface area contributed by atoms with Gasteiger partial charge in [0.1, 0.15) is 36.1 Å². The largest absolute Gasteiger partial charge is 0.494 e. The Morgan fingerprint density at radius 2 is 0.904 bits per heavy atom. The summed E-state index contributed by atoms with van der Waals surface area (Å²) in [6.07, 6.45) is 3.51. The van der Waals surface area contributed by atoms with Crippen molar-refractivity contribution in [2.75, 3.05) is 111 Å². The molecule has 0 spiro atoms. The van der Waals surface area contributed by atoms with E-state index in [2.05, 4.69) is 0 Å². The van der Waals surface area contributed by atoms with Gasteiger partial charge >= 0.3 is 11.9 Å². The first kappa shape index (κ1) is 53.0. The van der Waals surface area contributed by atoms with Crippen molar-refractivity contribution in [1.29, 1.82) is 0 Å². The quantitative estimate of drug-likeness (QED) is 0.0199. The molecular weight excluding hydrogens is 945 g/mol. The number of hydrogen-bond donors (Lipinski definition) is 4. The molecule has 0 aliphatic carbocycles. The Morgan fingerprint density at radius 1 is 0.493 bits per heavy atom. The standard InChI is InChI=1S/C54H58N4O15/c1-35-47(49(59)37-11-15-42(55)40(33-37)53(61)62)57-17-5-3-7-44(57)51(35)73-32-30-71-28-26-69-24-22-67-20-19-66-21-23-68-25-27-70-29-31-72-39-13-9-36(10-14-39)46-48(58-18-6-4-8-45(58)52(46)65-2)50(60)38-12-16-43(56)41(34-38)54(63)64/h3-18,33-34H,19-32,55-56H2,1-2H3,(H,61,62)(H,63,64). The minimum absolute atomic E-state index is 0.0623. The second-order valence-corrected chi connectivity index (χ2v) is 16.2. The van der Waals surface area contributed by atoms with Gasteiger partial charge in [-0.25, -0.2) is 9.59 Å². The van der Waals surface area contributed by atoms with E-state index in [0.29, 0.717) is 142 Å². The fraction of sp³-hybridized carbons (Fsp3) is 0.296. The van der Waals surface area contributed by atoms with Gasteiger partial charge < -0.3 is 73.1 Å². The van der Waals surface area contributed by atoms with Gasteiger partial charge in [-0.05, 0) is 85.3 Å². The Bertz CT molecular complexity index is 3020. The van der Waals surface area contributed by atoms with E-state index in [1.54, 1.807) is 52.4 Å². The van der Waals surface area contributed by atoms with E-state index in [1.807, 2.05) is 36.4 Å². The second kappa shape index (κ2) is 26.1. The van der Waals surface area contributed by atoms with Crippen LogP contribution in [0.25, 0.3) is 22.2 Å². The highest BCUT2D eigenvalue weighted by molar-refractivity contribution is 6.15. The average molecular weight is 1000 g/mol. The molecule has 0 amide bonds. The molecule has 7 rings (SSSR count). The van der Waals surface area contributed by atoms with Crippen LogP contribution in [0.2, 0.25) is 0 Å². The highest BCUT2D eigenvalue weighted by Gasteiger charge is 2.28. The van der Waals surface area contributed by atoms with Crippen LogP contribution < -0.4 is 25.7 Å². The van der Waals surface area contributed by atoms with E-state index in [1.165, 1.54) is 43.5 Å². The molecule has 0 fully saturated rings. The molecule has 0 radical (unpaired) electrons. The van der Waals surface area contributed by atoms with Crippen molar-refractivity contribution in [3.05, 3.63) is 149 Å². The maximum Gasteiger partial charge on any atom is 0.337 e. The lowest BCUT2D eigenvalue weighted by Gasteiger charge is -2.11. The van der Waals surface area contributed by atoms with Gasteiger partial charge in [0.2, 0.25) is 11.6 Å². The number of carbonyl (C=O) groups is 4. The summed E-state index contributed by atoms with van der Waals surface area (Å²) in [4.78, 5) is 51.0. The maximum absolute atomic E-state index is 14.0. The number of pyridine rings is 2. The number of ether oxygens (including phenoxy) is 9. The number of aromatic nitrogens is 2. The number of nitrogens with two attached hydrogens (primary N) is 2. The Labute approximate surface area is 420 Å². The molecule has 19 heteroatoms. The molecule has 3 aromatic carbocycles. The van der Waals surface area contributed by atoms with Crippen molar-refractivity contribution in [2.45, 2.75) is 6.92 Å². The molecule has 0 unspecified atom stereocenters. The van der Waals surface area contributed by atoms with Crippen molar-refractivity contribution in [2.24, 2.45) is 0 Å². The monoisotopic (exact) mass is 1000 g/mol. The number of nitrogens with zero attached hydrogens (tertiary/aromatic N) is 2. The molecule has 4 heterocycles. The summed E-state index contributed by atoms with van der Waals surface area (Å²) >= 11 is 0. The molecule has 7 aromatic rings. The van der Waals surface area contributed by atoms with Crippen LogP contribution in [-0.4, -0.2) is 142 Å². The molecule has 0 bridgehead atoms. The van der Waals surface area contributed by atoms with Gasteiger partial charge in [-0.3, -0.25) is 9.59 Å². The first-order valence-electron chi connectivity index (χ1n) is 23.4. The van der Waals surface area contributed by atoms with Crippen molar-refractivity contribution >= 4 is 45.9 Å². The fourth-order valence-electron chi connectivity index (χ4n) is 8.02. The van der Waals surface area contributed by atoms with E-state index >= 15 is 0 Å². The second-order valence-electron chi connectivity index (χ2n) is 16.2. The van der Waals surface area contributed by atoms with Crippen LogP contribution in [0.5, 0.6) is 17.2 Å². The van der Waals surface area contributed by atoms with Crippen molar-refractivity contribution in [3.63, 3.8) is 0 Å². The van der Waals surface area contributed by atoms with Crippen LogP contribution in [-0.2, 0) is 28.4 Å². The van der Waals surface area contributed by atoms with Crippen LogP contribution in [0.4, 0.5) is 11.4 Å². The lowest BCUT2D eigenvalue weighted by atomic mass is 9.98. The number of methoxy groups -OCH3 is 1. The van der Waals surface area contributed by atoms with Crippen molar-refractivity contribution in [1.82, 2.24) is 8.80 Å². The first-order valence-corrected chi connectivity index (χ1v) is 23.4. The van der Waals surface area contributed by atoms with Crippen molar-refractivity contribution in [3.8, 4) is 28.4 Å². The summed E-state index contributed by atoms with van der Waals surface area (Å²) in [6.45, 7) is 6.91. The fourth-order valence-corrected chi connectivity index (χ4v) is 8.02. The summed E-state index contributed by atoms with van der Waals surface area (Å²) in [5, 5.41) is 19.1. The molecule has 0 aliphatic heterocycles. The minimum atomic E-state index is -1.23. The van der Waals surface area contributed by atoms with Gasteiger partial charge in [-0.15, -0.1) is 0 Å². The number of anilines is 2. The topological polar surface area (TPSA) is 253 Å². The SMILES string of the molecule is COc1c(-c2ccc(OCCOCCOCCOCCOCCOCCOCCOc3c(C)c(C(=O)c4ccc(N)c(C(=O)O)c4)n4ccccc34)cc2)c(C(=O)c2ccc(N)c(C(=O)O)c2)n2ccccc12. The molecule has 384 valence electrons. The zero-order valence-electron chi connectivity index (χ0n) is 40.5. The highest BCUT2D eigenvalue weighted by atomic mass is 16.6. The van der Waals surface area contributed by atoms with E-state index in [0.717, 1.165) is 0 Å². The molecule has 0 saturated carbocycles. The molecule has 73 heavy (non-hydrogen) atoms. The third kappa shape index (κ3) is 13.2. The molecule has 6 N–H and O–H groups in total.